The van der Waals surface area contributed by atoms with E-state index in [9.17, 15) is 9.59 Å². The van der Waals surface area contributed by atoms with Gasteiger partial charge in [0.05, 0.1) is 13.1 Å². The maximum atomic E-state index is 12.0. The molecule has 0 spiro atoms. The van der Waals surface area contributed by atoms with Gasteiger partial charge in [-0.2, -0.15) is 0 Å². The SMILES string of the molecule is CN1CCCC(CNC(=O)N2CC(C)(OCC(=O)O)C2)C1. The van der Waals surface area contributed by atoms with Crippen LogP contribution >= 0.6 is 0 Å². The Balaban J connectivity index is 1.65. The number of rotatable bonds is 5. The van der Waals surface area contributed by atoms with Gasteiger partial charge in [-0.05, 0) is 39.3 Å². The summed E-state index contributed by atoms with van der Waals surface area (Å²) < 4.78 is 5.29. The predicted molar refractivity (Wildman–Crippen MR) is 77.2 cm³/mol. The van der Waals surface area contributed by atoms with Crippen molar-refractivity contribution in [2.24, 2.45) is 5.92 Å². The number of carboxylic acid groups (broad SMARTS) is 1. The minimum atomic E-state index is -0.986. The maximum absolute atomic E-state index is 12.0. The Labute approximate surface area is 125 Å². The lowest BCUT2D eigenvalue weighted by atomic mass is 9.96. The molecule has 2 aliphatic heterocycles. The first-order chi connectivity index (χ1) is 9.88. The van der Waals surface area contributed by atoms with Crippen molar-refractivity contribution in [2.75, 3.05) is 46.4 Å². The predicted octanol–water partition coefficient (Wildman–Crippen LogP) is 0.213. The number of carbonyl (C=O) groups excluding carboxylic acids is 1. The van der Waals surface area contributed by atoms with Crippen LogP contribution in [0.5, 0.6) is 0 Å². The van der Waals surface area contributed by atoms with E-state index in [-0.39, 0.29) is 12.6 Å². The van der Waals surface area contributed by atoms with Gasteiger partial charge in [0, 0.05) is 13.1 Å². The van der Waals surface area contributed by atoms with Crippen molar-refractivity contribution in [3.8, 4) is 0 Å². The normalized spacial score (nSPS) is 25.2. The van der Waals surface area contributed by atoms with Crippen LogP contribution in [0.1, 0.15) is 19.8 Å². The molecule has 0 radical (unpaired) electrons. The van der Waals surface area contributed by atoms with Crippen molar-refractivity contribution >= 4 is 12.0 Å². The minimum absolute atomic E-state index is 0.0837. The first-order valence-electron chi connectivity index (χ1n) is 7.45. The van der Waals surface area contributed by atoms with Gasteiger partial charge in [0.25, 0.3) is 0 Å². The van der Waals surface area contributed by atoms with Crippen molar-refractivity contribution in [1.29, 1.82) is 0 Å². The average Bonchev–Trinajstić information content (AvgIpc) is 2.39. The van der Waals surface area contributed by atoms with Gasteiger partial charge in [0.2, 0.25) is 0 Å². The van der Waals surface area contributed by atoms with Gasteiger partial charge in [-0.3, -0.25) is 0 Å². The number of ether oxygens (including phenoxy) is 1. The van der Waals surface area contributed by atoms with E-state index in [0.29, 0.717) is 25.6 Å². The molecule has 7 nitrogen and oxygen atoms in total. The van der Waals surface area contributed by atoms with E-state index in [0.717, 1.165) is 19.5 Å². The molecule has 0 aliphatic carbocycles. The summed E-state index contributed by atoms with van der Waals surface area (Å²) in [6.45, 7) is 5.26. The Morgan fingerprint density at radius 2 is 2.14 bits per heavy atom. The van der Waals surface area contributed by atoms with Gasteiger partial charge in [0.1, 0.15) is 12.2 Å². The Hall–Kier alpha value is -1.34. The average molecular weight is 299 g/mol. The minimum Gasteiger partial charge on any atom is -0.480 e. The van der Waals surface area contributed by atoms with Crippen molar-refractivity contribution < 1.29 is 19.4 Å². The molecule has 0 bridgehead atoms. The van der Waals surface area contributed by atoms with Crippen LogP contribution in [0.4, 0.5) is 4.79 Å². The molecular weight excluding hydrogens is 274 g/mol. The second kappa shape index (κ2) is 6.62. The molecule has 21 heavy (non-hydrogen) atoms. The number of hydrogen-bond acceptors (Lipinski definition) is 4. The molecule has 1 atom stereocenters. The highest BCUT2D eigenvalue weighted by atomic mass is 16.5. The molecule has 120 valence electrons. The number of carboxylic acids is 1. The largest absolute Gasteiger partial charge is 0.480 e. The van der Waals surface area contributed by atoms with Crippen LogP contribution in [-0.2, 0) is 9.53 Å². The van der Waals surface area contributed by atoms with Gasteiger partial charge >= 0.3 is 12.0 Å². The van der Waals surface area contributed by atoms with E-state index >= 15 is 0 Å². The second-order valence-corrected chi connectivity index (χ2v) is 6.44. The lowest BCUT2D eigenvalue weighted by Crippen LogP contribution is -2.65. The summed E-state index contributed by atoms with van der Waals surface area (Å²) in [7, 11) is 2.11. The van der Waals surface area contributed by atoms with E-state index < -0.39 is 11.6 Å². The number of aliphatic carboxylic acids is 1. The molecular formula is C14H25N3O4. The third-order valence-electron chi connectivity index (χ3n) is 4.15. The zero-order valence-electron chi connectivity index (χ0n) is 12.8. The van der Waals surface area contributed by atoms with Gasteiger partial charge in [0.15, 0.2) is 0 Å². The number of urea groups is 1. The molecule has 2 fully saturated rings. The van der Waals surface area contributed by atoms with E-state index in [1.54, 1.807) is 4.90 Å². The molecule has 0 saturated carbocycles. The highest BCUT2D eigenvalue weighted by molar-refractivity contribution is 5.75. The molecule has 2 heterocycles. The van der Waals surface area contributed by atoms with Crippen LogP contribution in [0.2, 0.25) is 0 Å². The fourth-order valence-corrected chi connectivity index (χ4v) is 3.02. The lowest BCUT2D eigenvalue weighted by Gasteiger charge is -2.47. The number of hydrogen-bond donors (Lipinski definition) is 2. The summed E-state index contributed by atoms with van der Waals surface area (Å²) in [5.41, 5.74) is -0.527. The second-order valence-electron chi connectivity index (χ2n) is 6.44. The zero-order chi connectivity index (χ0) is 15.5. The zero-order valence-corrected chi connectivity index (χ0v) is 12.8. The molecule has 2 amide bonds. The van der Waals surface area contributed by atoms with Gasteiger partial charge < -0.3 is 25.0 Å². The molecule has 2 saturated heterocycles. The van der Waals surface area contributed by atoms with E-state index in [4.69, 9.17) is 9.84 Å². The van der Waals surface area contributed by atoms with Crippen molar-refractivity contribution in [3.05, 3.63) is 0 Å². The summed E-state index contributed by atoms with van der Waals surface area (Å²) >= 11 is 0. The quantitative estimate of drug-likeness (QED) is 0.758. The number of nitrogens with one attached hydrogen (secondary N) is 1. The number of amides is 2. The Morgan fingerprint density at radius 3 is 2.76 bits per heavy atom. The van der Waals surface area contributed by atoms with Gasteiger partial charge in [-0.1, -0.05) is 0 Å². The fraction of sp³-hybridized carbons (Fsp3) is 0.857. The van der Waals surface area contributed by atoms with Crippen LogP contribution in [0.3, 0.4) is 0 Å². The Morgan fingerprint density at radius 1 is 1.43 bits per heavy atom. The first kappa shape index (κ1) is 16.0. The van der Waals surface area contributed by atoms with Crippen molar-refractivity contribution in [2.45, 2.75) is 25.4 Å². The molecule has 1 unspecified atom stereocenters. The fourth-order valence-electron chi connectivity index (χ4n) is 3.02. The van der Waals surface area contributed by atoms with Crippen LogP contribution in [0.15, 0.2) is 0 Å². The third kappa shape index (κ3) is 4.57. The number of carbonyl (C=O) groups is 2. The smallest absolute Gasteiger partial charge is 0.329 e. The number of piperidine rings is 1. The number of nitrogens with zero attached hydrogens (tertiary/aromatic N) is 2. The van der Waals surface area contributed by atoms with E-state index in [1.807, 2.05) is 6.92 Å². The molecule has 2 N–H and O–H groups in total. The molecule has 7 heteroatoms. The van der Waals surface area contributed by atoms with Crippen molar-refractivity contribution in [3.63, 3.8) is 0 Å². The van der Waals surface area contributed by atoms with E-state index in [1.165, 1.54) is 6.42 Å². The number of likely N-dealkylation sites (tertiary alicyclic amines) is 2. The third-order valence-corrected chi connectivity index (χ3v) is 4.15. The Kier molecular flexibility index (Phi) is 5.05. The summed E-state index contributed by atoms with van der Waals surface area (Å²) in [5.74, 6) is -0.468. The molecule has 0 aromatic heterocycles. The highest BCUT2D eigenvalue weighted by Crippen LogP contribution is 2.24. The highest BCUT2D eigenvalue weighted by Gasteiger charge is 2.42. The standard InChI is InChI=1S/C14H25N3O4/c1-14(21-8-12(18)19)9-17(10-14)13(20)15-6-11-4-3-5-16(2)7-11/h11H,3-10H2,1-2H3,(H,15,20)(H,18,19). The first-order valence-corrected chi connectivity index (χ1v) is 7.45. The van der Waals surface area contributed by atoms with Crippen LogP contribution in [-0.4, -0.2) is 78.9 Å². The van der Waals surface area contributed by atoms with Gasteiger partial charge in [-0.15, -0.1) is 0 Å². The summed E-state index contributed by atoms with van der Waals surface area (Å²) in [6.07, 6.45) is 2.34. The van der Waals surface area contributed by atoms with Gasteiger partial charge in [-0.25, -0.2) is 9.59 Å². The van der Waals surface area contributed by atoms with Crippen LogP contribution in [0.25, 0.3) is 0 Å². The summed E-state index contributed by atoms with van der Waals surface area (Å²) in [6, 6.07) is -0.0837. The Bertz CT molecular complexity index is 396. The monoisotopic (exact) mass is 299 g/mol. The van der Waals surface area contributed by atoms with E-state index in [2.05, 4.69) is 17.3 Å². The maximum Gasteiger partial charge on any atom is 0.329 e. The summed E-state index contributed by atoms with van der Waals surface area (Å²) in [4.78, 5) is 26.4. The molecule has 0 aromatic rings. The molecule has 0 aromatic carbocycles. The topological polar surface area (TPSA) is 82.1 Å². The molecule has 2 rings (SSSR count). The van der Waals surface area contributed by atoms with Crippen LogP contribution in [0, 0.1) is 5.92 Å². The lowest BCUT2D eigenvalue weighted by molar-refractivity contribution is -0.159. The van der Waals surface area contributed by atoms with Crippen LogP contribution < -0.4 is 5.32 Å². The summed E-state index contributed by atoms with van der Waals surface area (Å²) in [5, 5.41) is 11.6. The molecule has 2 aliphatic rings. The van der Waals surface area contributed by atoms with Crippen molar-refractivity contribution in [1.82, 2.24) is 15.1 Å².